The van der Waals surface area contributed by atoms with Crippen LogP contribution in [0, 0.1) is 0 Å². The second-order valence-electron chi connectivity index (χ2n) is 4.30. The minimum atomic E-state index is -1.12. The first-order chi connectivity index (χ1) is 10.1. The molecule has 0 unspecified atom stereocenters. The van der Waals surface area contributed by atoms with Crippen LogP contribution in [0.15, 0.2) is 52.0 Å². The lowest BCUT2D eigenvalue weighted by molar-refractivity contribution is -0.118. The van der Waals surface area contributed by atoms with Crippen LogP contribution in [-0.4, -0.2) is 29.3 Å². The van der Waals surface area contributed by atoms with E-state index in [-0.39, 0.29) is 17.4 Å². The van der Waals surface area contributed by atoms with Gasteiger partial charge in [-0.15, -0.1) is 0 Å². The molecule has 0 bridgehead atoms. The van der Waals surface area contributed by atoms with Crippen molar-refractivity contribution in [1.82, 2.24) is 5.32 Å². The van der Waals surface area contributed by atoms with Crippen LogP contribution in [0.3, 0.4) is 0 Å². The molecule has 21 heavy (non-hydrogen) atoms. The maximum atomic E-state index is 11.7. The van der Waals surface area contributed by atoms with Crippen LogP contribution in [0.4, 0.5) is 0 Å². The summed E-state index contributed by atoms with van der Waals surface area (Å²) < 4.78 is 5.05. The third kappa shape index (κ3) is 5.00. The number of benzene rings is 1. The molecule has 2 rings (SSSR count). The molecule has 0 atom stereocenters. The van der Waals surface area contributed by atoms with E-state index in [1.54, 1.807) is 6.07 Å². The number of hydrogen-bond acceptors (Lipinski definition) is 4. The summed E-state index contributed by atoms with van der Waals surface area (Å²) in [6.07, 6.45) is 0.779. The Balaban J connectivity index is 1.68. The van der Waals surface area contributed by atoms with Crippen molar-refractivity contribution in [3.8, 4) is 0 Å². The first-order valence-corrected chi connectivity index (χ1v) is 7.40. The number of carbonyl (C=O) groups excluding carboxylic acids is 1. The van der Waals surface area contributed by atoms with Gasteiger partial charge in [0, 0.05) is 6.54 Å². The molecular formula is C15H15NO4S. The fourth-order valence-corrected chi connectivity index (χ4v) is 2.38. The lowest BCUT2D eigenvalue weighted by Gasteiger charge is -2.04. The topological polar surface area (TPSA) is 79.5 Å². The molecule has 0 saturated carbocycles. The highest BCUT2D eigenvalue weighted by molar-refractivity contribution is 7.99. The molecule has 0 radical (unpaired) electrons. The molecule has 1 aromatic heterocycles. The molecule has 2 aromatic rings. The molecular weight excluding hydrogens is 290 g/mol. The third-order valence-corrected chi connectivity index (χ3v) is 3.63. The summed E-state index contributed by atoms with van der Waals surface area (Å²) in [5, 5.41) is 12.0. The molecule has 0 aliphatic carbocycles. The minimum Gasteiger partial charge on any atom is -0.475 e. The van der Waals surface area contributed by atoms with Crippen molar-refractivity contribution >= 4 is 23.6 Å². The summed E-state index contributed by atoms with van der Waals surface area (Å²) in [6.45, 7) is 0.571. The molecule has 0 fully saturated rings. The Hall–Kier alpha value is -2.21. The van der Waals surface area contributed by atoms with E-state index in [0.717, 1.165) is 6.42 Å². The molecule has 0 saturated heterocycles. The van der Waals surface area contributed by atoms with Crippen LogP contribution in [0.1, 0.15) is 16.1 Å². The lowest BCUT2D eigenvalue weighted by atomic mass is 10.1. The highest BCUT2D eigenvalue weighted by Crippen LogP contribution is 2.20. The number of rotatable bonds is 7. The van der Waals surface area contributed by atoms with Crippen molar-refractivity contribution in [2.24, 2.45) is 0 Å². The van der Waals surface area contributed by atoms with Gasteiger partial charge >= 0.3 is 5.97 Å². The van der Waals surface area contributed by atoms with Crippen molar-refractivity contribution in [2.75, 3.05) is 12.3 Å². The highest BCUT2D eigenvalue weighted by Gasteiger charge is 2.10. The zero-order valence-corrected chi connectivity index (χ0v) is 12.1. The summed E-state index contributed by atoms with van der Waals surface area (Å²) >= 11 is 1.17. The second-order valence-corrected chi connectivity index (χ2v) is 5.28. The molecule has 6 heteroatoms. The van der Waals surface area contributed by atoms with Gasteiger partial charge < -0.3 is 14.8 Å². The zero-order valence-electron chi connectivity index (χ0n) is 11.2. The maximum absolute atomic E-state index is 11.7. The molecule has 0 aliphatic rings. The molecule has 0 aliphatic heterocycles. The molecule has 1 aromatic carbocycles. The monoisotopic (exact) mass is 305 g/mol. The van der Waals surface area contributed by atoms with Crippen LogP contribution < -0.4 is 5.32 Å². The number of thioether (sulfide) groups is 1. The van der Waals surface area contributed by atoms with Gasteiger partial charge in [-0.3, -0.25) is 4.79 Å². The SMILES string of the molecule is O=C(CSc1ccc(C(=O)O)o1)NCCc1ccccc1. The first-order valence-electron chi connectivity index (χ1n) is 6.41. The van der Waals surface area contributed by atoms with Gasteiger partial charge in [-0.05, 0) is 24.1 Å². The van der Waals surface area contributed by atoms with E-state index in [2.05, 4.69) is 5.32 Å². The van der Waals surface area contributed by atoms with E-state index in [4.69, 9.17) is 9.52 Å². The number of amides is 1. The summed E-state index contributed by atoms with van der Waals surface area (Å²) in [5.41, 5.74) is 1.17. The van der Waals surface area contributed by atoms with Gasteiger partial charge in [0.2, 0.25) is 11.7 Å². The molecule has 0 spiro atoms. The molecule has 5 nitrogen and oxygen atoms in total. The number of nitrogens with one attached hydrogen (secondary N) is 1. The molecule has 1 heterocycles. The van der Waals surface area contributed by atoms with Gasteiger partial charge in [-0.2, -0.15) is 0 Å². The predicted molar refractivity (Wildman–Crippen MR) is 79.5 cm³/mol. The molecule has 1 amide bonds. The Kier molecular flexibility index (Phi) is 5.45. The normalized spacial score (nSPS) is 10.3. The van der Waals surface area contributed by atoms with E-state index in [1.165, 1.54) is 23.4 Å². The van der Waals surface area contributed by atoms with Crippen molar-refractivity contribution < 1.29 is 19.1 Å². The van der Waals surface area contributed by atoms with Crippen LogP contribution in [-0.2, 0) is 11.2 Å². The average Bonchev–Trinajstić information content (AvgIpc) is 2.95. The van der Waals surface area contributed by atoms with Crippen molar-refractivity contribution in [2.45, 2.75) is 11.5 Å². The van der Waals surface area contributed by atoms with Crippen LogP contribution in [0.25, 0.3) is 0 Å². The van der Waals surface area contributed by atoms with Gasteiger partial charge in [0.25, 0.3) is 0 Å². The van der Waals surface area contributed by atoms with Crippen LogP contribution >= 0.6 is 11.8 Å². The van der Waals surface area contributed by atoms with Crippen molar-refractivity contribution in [3.63, 3.8) is 0 Å². The fourth-order valence-electron chi connectivity index (χ4n) is 1.69. The fraction of sp³-hybridized carbons (Fsp3) is 0.200. The third-order valence-electron chi connectivity index (χ3n) is 2.72. The minimum absolute atomic E-state index is 0.107. The Labute approximate surface area is 126 Å². The Morgan fingerprint density at radius 2 is 1.90 bits per heavy atom. The van der Waals surface area contributed by atoms with Crippen molar-refractivity contribution in [1.29, 1.82) is 0 Å². The summed E-state index contributed by atoms with van der Waals surface area (Å²) in [7, 11) is 0. The highest BCUT2D eigenvalue weighted by atomic mass is 32.2. The van der Waals surface area contributed by atoms with E-state index in [9.17, 15) is 9.59 Å². The predicted octanol–water partition coefficient (Wildman–Crippen LogP) is 2.43. The number of furan rings is 1. The summed E-state index contributed by atoms with van der Waals surface area (Å²) in [4.78, 5) is 22.3. The van der Waals surface area contributed by atoms with Gasteiger partial charge in [-0.25, -0.2) is 4.79 Å². The van der Waals surface area contributed by atoms with Crippen LogP contribution in [0.5, 0.6) is 0 Å². The van der Waals surface area contributed by atoms with Gasteiger partial charge in [0.05, 0.1) is 5.75 Å². The molecule has 110 valence electrons. The molecule has 2 N–H and O–H groups in total. The van der Waals surface area contributed by atoms with E-state index in [1.807, 2.05) is 30.3 Å². The van der Waals surface area contributed by atoms with Crippen molar-refractivity contribution in [3.05, 3.63) is 53.8 Å². The van der Waals surface area contributed by atoms with E-state index >= 15 is 0 Å². The quantitative estimate of drug-likeness (QED) is 0.768. The number of hydrogen-bond donors (Lipinski definition) is 2. The smallest absolute Gasteiger partial charge is 0.371 e. The van der Waals surface area contributed by atoms with E-state index in [0.29, 0.717) is 11.6 Å². The Bertz CT molecular complexity index is 609. The zero-order chi connectivity index (χ0) is 15.1. The number of aromatic carboxylic acids is 1. The summed E-state index contributed by atoms with van der Waals surface area (Å²) in [6, 6.07) is 12.8. The lowest BCUT2D eigenvalue weighted by Crippen LogP contribution is -2.27. The van der Waals surface area contributed by atoms with E-state index < -0.39 is 5.97 Å². The number of carbonyl (C=O) groups is 2. The average molecular weight is 305 g/mol. The largest absolute Gasteiger partial charge is 0.475 e. The number of carboxylic acid groups (broad SMARTS) is 1. The Morgan fingerprint density at radius 3 is 2.57 bits per heavy atom. The summed E-state index contributed by atoms with van der Waals surface area (Å²) in [5.74, 6) is -1.15. The first kappa shape index (κ1) is 15.2. The van der Waals surface area contributed by atoms with Gasteiger partial charge in [-0.1, -0.05) is 42.1 Å². The van der Waals surface area contributed by atoms with Gasteiger partial charge in [0.15, 0.2) is 5.09 Å². The van der Waals surface area contributed by atoms with Crippen LogP contribution in [0.2, 0.25) is 0 Å². The second kappa shape index (κ2) is 7.54. The standard InChI is InChI=1S/C15H15NO4S/c17-13(16-9-8-11-4-2-1-3-5-11)10-21-14-7-6-12(20-14)15(18)19/h1-7H,8-10H2,(H,16,17)(H,18,19). The number of carboxylic acids is 1. The van der Waals surface area contributed by atoms with Gasteiger partial charge in [0.1, 0.15) is 0 Å². The Morgan fingerprint density at radius 1 is 1.14 bits per heavy atom. The maximum Gasteiger partial charge on any atom is 0.371 e.